The summed E-state index contributed by atoms with van der Waals surface area (Å²) in [4.78, 5) is 29.7. The number of rotatable bonds is 8. The predicted molar refractivity (Wildman–Crippen MR) is 101 cm³/mol. The lowest BCUT2D eigenvalue weighted by atomic mass is 10.2. The summed E-state index contributed by atoms with van der Waals surface area (Å²) in [5, 5.41) is 3.63. The Morgan fingerprint density at radius 1 is 1.32 bits per heavy atom. The summed E-state index contributed by atoms with van der Waals surface area (Å²) in [6.07, 6.45) is 0. The second kappa shape index (κ2) is 9.01. The van der Waals surface area contributed by atoms with E-state index in [1.807, 2.05) is 25.1 Å². The van der Waals surface area contributed by atoms with Crippen LogP contribution >= 0.6 is 11.8 Å². The molecule has 7 heteroatoms. The predicted octanol–water partition coefficient (Wildman–Crippen LogP) is 2.30. The van der Waals surface area contributed by atoms with Gasteiger partial charge in [-0.2, -0.15) is 0 Å². The van der Waals surface area contributed by atoms with Crippen LogP contribution in [-0.2, 0) is 16.1 Å². The summed E-state index contributed by atoms with van der Waals surface area (Å²) >= 11 is 1.31. The molecule has 0 unspecified atom stereocenters. The first kappa shape index (κ1) is 19.5. The molecule has 0 aliphatic carbocycles. The van der Waals surface area contributed by atoms with Gasteiger partial charge in [0.15, 0.2) is 5.16 Å². The van der Waals surface area contributed by atoms with Gasteiger partial charge in [0.25, 0.3) is 5.56 Å². The number of carbonyl (C=O) groups excluding carboxylic acids is 1. The molecule has 0 saturated carbocycles. The van der Waals surface area contributed by atoms with E-state index in [0.717, 1.165) is 0 Å². The van der Waals surface area contributed by atoms with Gasteiger partial charge in [-0.05, 0) is 25.0 Å². The Morgan fingerprint density at radius 2 is 2.04 bits per heavy atom. The summed E-state index contributed by atoms with van der Waals surface area (Å²) in [5.74, 6) is 0.200. The molecule has 0 radical (unpaired) electrons. The van der Waals surface area contributed by atoms with Gasteiger partial charge in [0.1, 0.15) is 0 Å². The van der Waals surface area contributed by atoms with Crippen molar-refractivity contribution < 1.29 is 9.53 Å². The van der Waals surface area contributed by atoms with Gasteiger partial charge in [0.2, 0.25) is 5.91 Å². The molecule has 1 N–H and O–H groups in total. The van der Waals surface area contributed by atoms with Crippen LogP contribution in [-0.4, -0.2) is 41.0 Å². The monoisotopic (exact) mass is 363 g/mol. The van der Waals surface area contributed by atoms with Crippen molar-refractivity contribution in [2.75, 3.05) is 20.3 Å². The van der Waals surface area contributed by atoms with Gasteiger partial charge in [-0.15, -0.1) is 0 Å². The number of fused-ring (bicyclic) bond motifs is 1. The van der Waals surface area contributed by atoms with Crippen molar-refractivity contribution in [3.05, 3.63) is 34.6 Å². The number of nitrogens with zero attached hydrogens (tertiary/aromatic N) is 2. The molecule has 1 amide bonds. The molecule has 6 nitrogen and oxygen atoms in total. The molecule has 1 heterocycles. The number of ether oxygens (including phenoxy) is 1. The van der Waals surface area contributed by atoms with E-state index >= 15 is 0 Å². The van der Waals surface area contributed by atoms with Crippen LogP contribution in [0.1, 0.15) is 20.8 Å². The Balaban J connectivity index is 2.32. The Bertz CT molecular complexity index is 789. The van der Waals surface area contributed by atoms with E-state index in [9.17, 15) is 9.59 Å². The van der Waals surface area contributed by atoms with Crippen LogP contribution < -0.4 is 10.9 Å². The van der Waals surface area contributed by atoms with E-state index in [4.69, 9.17) is 4.74 Å². The quantitative estimate of drug-likeness (QED) is 0.443. The van der Waals surface area contributed by atoms with Gasteiger partial charge in [0.05, 0.1) is 22.8 Å². The van der Waals surface area contributed by atoms with Crippen LogP contribution in [0.5, 0.6) is 0 Å². The standard InChI is InChI=1S/C18H25N3O3S/c1-12(2)11-21-17(23)14-7-5-6-8-15(14)20-18(21)25-13(3)16(22)19-9-10-24-4/h5-8,12-13H,9-11H2,1-4H3,(H,19,22)/t13-/m1/s1. The van der Waals surface area contributed by atoms with Crippen LogP contribution in [0, 0.1) is 5.92 Å². The van der Waals surface area contributed by atoms with Crippen molar-refractivity contribution in [2.45, 2.75) is 37.7 Å². The molecular weight excluding hydrogens is 338 g/mol. The number of aromatic nitrogens is 2. The molecule has 0 aliphatic rings. The van der Waals surface area contributed by atoms with E-state index in [1.54, 1.807) is 17.7 Å². The van der Waals surface area contributed by atoms with Crippen LogP contribution in [0.2, 0.25) is 0 Å². The third-order valence-corrected chi connectivity index (χ3v) is 4.72. The summed E-state index contributed by atoms with van der Waals surface area (Å²) in [6.45, 7) is 7.42. The highest BCUT2D eigenvalue weighted by atomic mass is 32.2. The Morgan fingerprint density at radius 3 is 2.72 bits per heavy atom. The maximum atomic E-state index is 12.8. The molecule has 0 fully saturated rings. The Kier molecular flexibility index (Phi) is 7.01. The minimum Gasteiger partial charge on any atom is -0.383 e. The summed E-state index contributed by atoms with van der Waals surface area (Å²) in [5.41, 5.74) is 0.593. The third kappa shape index (κ3) is 5.06. The summed E-state index contributed by atoms with van der Waals surface area (Å²) in [7, 11) is 1.59. The van der Waals surface area contributed by atoms with Gasteiger partial charge in [-0.1, -0.05) is 37.7 Å². The van der Waals surface area contributed by atoms with Gasteiger partial charge in [-0.3, -0.25) is 14.2 Å². The molecule has 0 saturated heterocycles. The normalized spacial score (nSPS) is 12.5. The number of para-hydroxylation sites is 1. The molecular formula is C18H25N3O3S. The average Bonchev–Trinajstić information content (AvgIpc) is 2.58. The van der Waals surface area contributed by atoms with Gasteiger partial charge >= 0.3 is 0 Å². The fraction of sp³-hybridized carbons (Fsp3) is 0.500. The number of carbonyl (C=O) groups is 1. The molecule has 136 valence electrons. The molecule has 0 aliphatic heterocycles. The first-order valence-corrected chi connectivity index (χ1v) is 9.25. The van der Waals surface area contributed by atoms with Crippen molar-refractivity contribution in [3.8, 4) is 0 Å². The molecule has 2 rings (SSSR count). The zero-order chi connectivity index (χ0) is 18.4. The van der Waals surface area contributed by atoms with E-state index in [-0.39, 0.29) is 16.7 Å². The fourth-order valence-electron chi connectivity index (χ4n) is 2.40. The Labute approximate surface area is 152 Å². The van der Waals surface area contributed by atoms with E-state index < -0.39 is 0 Å². The number of thioether (sulfide) groups is 1. The van der Waals surface area contributed by atoms with Gasteiger partial charge < -0.3 is 10.1 Å². The van der Waals surface area contributed by atoms with Gasteiger partial charge in [-0.25, -0.2) is 4.98 Å². The zero-order valence-corrected chi connectivity index (χ0v) is 15.9. The van der Waals surface area contributed by atoms with Crippen LogP contribution in [0.15, 0.2) is 34.2 Å². The van der Waals surface area contributed by atoms with Crippen LogP contribution in [0.25, 0.3) is 10.9 Å². The van der Waals surface area contributed by atoms with Crippen LogP contribution in [0.3, 0.4) is 0 Å². The summed E-state index contributed by atoms with van der Waals surface area (Å²) in [6, 6.07) is 7.31. The van der Waals surface area contributed by atoms with Crippen molar-refractivity contribution in [1.29, 1.82) is 0 Å². The topological polar surface area (TPSA) is 73.2 Å². The minimum atomic E-state index is -0.358. The molecule has 25 heavy (non-hydrogen) atoms. The second-order valence-corrected chi connectivity index (χ2v) is 7.57. The maximum Gasteiger partial charge on any atom is 0.262 e. The number of hydrogen-bond acceptors (Lipinski definition) is 5. The molecule has 1 atom stereocenters. The minimum absolute atomic E-state index is 0.0613. The van der Waals surface area contributed by atoms with Crippen molar-refractivity contribution in [2.24, 2.45) is 5.92 Å². The smallest absolute Gasteiger partial charge is 0.262 e. The molecule has 1 aromatic heterocycles. The molecule has 1 aromatic carbocycles. The van der Waals surface area contributed by atoms with Crippen LogP contribution in [0.4, 0.5) is 0 Å². The van der Waals surface area contributed by atoms with E-state index in [2.05, 4.69) is 24.1 Å². The molecule has 2 aromatic rings. The van der Waals surface area contributed by atoms with Crippen molar-refractivity contribution in [3.63, 3.8) is 0 Å². The third-order valence-electron chi connectivity index (χ3n) is 3.63. The lowest BCUT2D eigenvalue weighted by Gasteiger charge is -2.17. The number of methoxy groups -OCH3 is 1. The first-order valence-electron chi connectivity index (χ1n) is 8.37. The Hall–Kier alpha value is -1.86. The lowest BCUT2D eigenvalue weighted by molar-refractivity contribution is -0.120. The van der Waals surface area contributed by atoms with Crippen molar-refractivity contribution in [1.82, 2.24) is 14.9 Å². The zero-order valence-electron chi connectivity index (χ0n) is 15.1. The average molecular weight is 363 g/mol. The number of benzene rings is 1. The van der Waals surface area contributed by atoms with E-state index in [0.29, 0.717) is 41.7 Å². The molecule has 0 spiro atoms. The largest absolute Gasteiger partial charge is 0.383 e. The SMILES string of the molecule is COCCNC(=O)[C@@H](C)Sc1nc2ccccc2c(=O)n1CC(C)C. The first-order chi connectivity index (χ1) is 11.9. The maximum absolute atomic E-state index is 12.8. The molecule has 0 bridgehead atoms. The second-order valence-electron chi connectivity index (χ2n) is 6.27. The number of nitrogens with one attached hydrogen (secondary N) is 1. The summed E-state index contributed by atoms with van der Waals surface area (Å²) < 4.78 is 6.61. The fourth-order valence-corrected chi connectivity index (χ4v) is 3.34. The number of hydrogen-bond donors (Lipinski definition) is 1. The highest BCUT2D eigenvalue weighted by molar-refractivity contribution is 8.00. The number of amides is 1. The van der Waals surface area contributed by atoms with Gasteiger partial charge in [0, 0.05) is 20.2 Å². The van der Waals surface area contributed by atoms with Crippen molar-refractivity contribution >= 4 is 28.6 Å². The highest BCUT2D eigenvalue weighted by Crippen LogP contribution is 2.23. The highest BCUT2D eigenvalue weighted by Gasteiger charge is 2.19. The van der Waals surface area contributed by atoms with E-state index in [1.165, 1.54) is 11.8 Å². The lowest BCUT2D eigenvalue weighted by Crippen LogP contribution is -2.34.